The van der Waals surface area contributed by atoms with Crippen molar-refractivity contribution in [3.8, 4) is 0 Å². The second kappa shape index (κ2) is 6.14. The van der Waals surface area contributed by atoms with E-state index < -0.39 is 7.75 Å². The highest BCUT2D eigenvalue weighted by atomic mass is 31.2. The molecule has 6 heteroatoms. The molecule has 0 aliphatic heterocycles. The first-order valence-corrected chi connectivity index (χ1v) is 6.38. The highest BCUT2D eigenvalue weighted by Gasteiger charge is 2.18. The minimum absolute atomic E-state index is 0.308. The van der Waals surface area contributed by atoms with Crippen molar-refractivity contribution in [3.05, 3.63) is 0 Å². The molecule has 0 saturated carbocycles. The molecule has 0 aliphatic rings. The molecule has 0 amide bonds. The predicted molar refractivity (Wildman–Crippen MR) is 58.4 cm³/mol. The molecule has 0 aliphatic carbocycles. The number of halogens is 1. The molecule has 14 heavy (non-hydrogen) atoms. The van der Waals surface area contributed by atoms with Gasteiger partial charge in [0, 0.05) is 19.6 Å². The van der Waals surface area contributed by atoms with Crippen LogP contribution in [0.25, 0.3) is 0 Å². The molecule has 0 saturated heterocycles. The van der Waals surface area contributed by atoms with E-state index in [1.54, 1.807) is 13.8 Å². The van der Waals surface area contributed by atoms with E-state index in [0.717, 1.165) is 13.1 Å². The normalized spacial score (nSPS) is 16.5. The van der Waals surface area contributed by atoms with Gasteiger partial charge in [-0.2, -0.15) is 4.76 Å². The van der Waals surface area contributed by atoms with Crippen molar-refractivity contribution in [2.45, 2.75) is 27.7 Å². The van der Waals surface area contributed by atoms with Gasteiger partial charge in [0.05, 0.1) is 0 Å². The summed E-state index contributed by atoms with van der Waals surface area (Å²) in [4.78, 5) is 1.85. The zero-order valence-electron chi connectivity index (χ0n) is 9.25. The maximum atomic E-state index is 13.2. The first-order chi connectivity index (χ1) is 6.46. The maximum absolute atomic E-state index is 13.2. The molecular formula is C8H19FN3OP. The summed E-state index contributed by atoms with van der Waals surface area (Å²) in [6, 6.07) is 0. The third-order valence-corrected chi connectivity index (χ3v) is 3.10. The van der Waals surface area contributed by atoms with E-state index in [1.165, 1.54) is 0 Å². The number of hydrogen-bond donors (Lipinski definition) is 1. The number of amidine groups is 1. The summed E-state index contributed by atoms with van der Waals surface area (Å²) >= 11 is 0. The Kier molecular flexibility index (Phi) is 5.96. The Bertz CT molecular complexity index is 241. The van der Waals surface area contributed by atoms with Gasteiger partial charge in [-0.25, -0.2) is 9.65 Å². The van der Waals surface area contributed by atoms with Gasteiger partial charge in [-0.15, -0.1) is 4.20 Å². The lowest BCUT2D eigenvalue weighted by atomic mass is 10.5. The van der Waals surface area contributed by atoms with Crippen LogP contribution in [-0.4, -0.2) is 30.4 Å². The molecule has 0 spiro atoms. The molecule has 1 unspecified atom stereocenters. The summed E-state index contributed by atoms with van der Waals surface area (Å²) in [5.74, 6) is 0.474. The van der Waals surface area contributed by atoms with Crippen LogP contribution in [0.5, 0.6) is 0 Å². The fourth-order valence-electron chi connectivity index (χ4n) is 1.16. The summed E-state index contributed by atoms with van der Waals surface area (Å²) in [6.07, 6.45) is 0. The van der Waals surface area contributed by atoms with Gasteiger partial charge in [0.15, 0.2) is 0 Å². The topological polar surface area (TPSA) is 44.7 Å². The molecule has 0 aromatic rings. The van der Waals surface area contributed by atoms with Crippen molar-refractivity contribution >= 4 is 13.6 Å². The van der Waals surface area contributed by atoms with Gasteiger partial charge in [0.25, 0.3) is 0 Å². The highest BCUT2D eigenvalue weighted by Crippen LogP contribution is 2.44. The summed E-state index contributed by atoms with van der Waals surface area (Å²) in [5.41, 5.74) is 0. The summed E-state index contributed by atoms with van der Waals surface area (Å²) in [6.45, 7) is 9.02. The first kappa shape index (κ1) is 13.6. The van der Waals surface area contributed by atoms with Crippen LogP contribution >= 0.6 is 7.75 Å². The quantitative estimate of drug-likeness (QED) is 0.442. The van der Waals surface area contributed by atoms with Crippen LogP contribution in [0.15, 0.2) is 4.76 Å². The molecule has 0 aromatic carbocycles. The molecule has 1 atom stereocenters. The van der Waals surface area contributed by atoms with Gasteiger partial charge < -0.3 is 4.90 Å². The van der Waals surface area contributed by atoms with Crippen LogP contribution in [0.4, 0.5) is 4.20 Å². The third kappa shape index (κ3) is 4.72. The Morgan fingerprint density at radius 1 is 1.43 bits per heavy atom. The highest BCUT2D eigenvalue weighted by molar-refractivity contribution is 7.55. The fraction of sp³-hybridized carbons (Fsp3) is 0.875. The van der Waals surface area contributed by atoms with Crippen LogP contribution in [0.1, 0.15) is 27.7 Å². The van der Waals surface area contributed by atoms with Crippen molar-refractivity contribution in [1.29, 1.82) is 0 Å². The zero-order chi connectivity index (χ0) is 11.2. The van der Waals surface area contributed by atoms with E-state index in [2.05, 4.69) is 9.85 Å². The molecule has 0 heterocycles. The van der Waals surface area contributed by atoms with Gasteiger partial charge in [0.1, 0.15) is 5.84 Å². The van der Waals surface area contributed by atoms with Crippen LogP contribution in [0.2, 0.25) is 0 Å². The number of hydrogen-bond acceptors (Lipinski definition) is 1. The van der Waals surface area contributed by atoms with Crippen molar-refractivity contribution < 1.29 is 8.76 Å². The van der Waals surface area contributed by atoms with E-state index in [4.69, 9.17) is 0 Å². The van der Waals surface area contributed by atoms with Crippen molar-refractivity contribution in [1.82, 2.24) is 9.99 Å². The Labute approximate surface area is 85.2 Å². The Balaban J connectivity index is 4.55. The van der Waals surface area contributed by atoms with Gasteiger partial charge in [0.2, 0.25) is 0 Å². The number of nitrogens with zero attached hydrogens (tertiary/aromatic N) is 2. The standard InChI is InChI=1S/C8H19FN3OP/c1-5-10-14(9,13)11-8(4)12(6-2)7-3/h5-7H2,1-4H3,(H,10,13). The molecule has 1 N–H and O–H groups in total. The molecule has 4 nitrogen and oxygen atoms in total. The molecule has 84 valence electrons. The van der Waals surface area contributed by atoms with Crippen molar-refractivity contribution in [2.75, 3.05) is 19.6 Å². The average Bonchev–Trinajstić information content (AvgIpc) is 2.04. The molecule has 0 bridgehead atoms. The van der Waals surface area contributed by atoms with Gasteiger partial charge in [-0.3, -0.25) is 0 Å². The smallest absolute Gasteiger partial charge is 0.361 e. The molecule has 0 fully saturated rings. The van der Waals surface area contributed by atoms with Crippen LogP contribution in [-0.2, 0) is 4.57 Å². The lowest BCUT2D eigenvalue weighted by Gasteiger charge is -2.20. The van der Waals surface area contributed by atoms with Gasteiger partial charge >= 0.3 is 7.75 Å². The molecule has 0 aromatic heterocycles. The van der Waals surface area contributed by atoms with Gasteiger partial charge in [-0.1, -0.05) is 6.92 Å². The minimum Gasteiger partial charge on any atom is -0.361 e. The van der Waals surface area contributed by atoms with Crippen LogP contribution < -0.4 is 5.09 Å². The molecule has 0 rings (SSSR count). The lowest BCUT2D eigenvalue weighted by Crippen LogP contribution is -2.28. The van der Waals surface area contributed by atoms with Crippen molar-refractivity contribution in [2.24, 2.45) is 4.76 Å². The van der Waals surface area contributed by atoms with E-state index in [1.807, 2.05) is 18.7 Å². The Morgan fingerprint density at radius 2 is 1.93 bits per heavy atom. The van der Waals surface area contributed by atoms with E-state index in [-0.39, 0.29) is 0 Å². The summed E-state index contributed by atoms with van der Waals surface area (Å²) < 4.78 is 27.9. The van der Waals surface area contributed by atoms with E-state index in [9.17, 15) is 8.76 Å². The minimum atomic E-state index is -4.03. The number of rotatable bonds is 5. The first-order valence-electron chi connectivity index (χ1n) is 4.83. The fourth-order valence-corrected chi connectivity index (χ4v) is 2.12. The van der Waals surface area contributed by atoms with Gasteiger partial charge in [-0.05, 0) is 20.8 Å². The van der Waals surface area contributed by atoms with Crippen molar-refractivity contribution in [3.63, 3.8) is 0 Å². The third-order valence-electron chi connectivity index (χ3n) is 1.85. The Hall–Kier alpha value is -0.410. The molecule has 0 radical (unpaired) electrons. The van der Waals surface area contributed by atoms with E-state index >= 15 is 0 Å². The average molecular weight is 223 g/mol. The SMILES string of the molecule is CCNP(=O)(F)N=C(C)N(CC)CC. The lowest BCUT2D eigenvalue weighted by molar-refractivity contribution is 0.461. The van der Waals surface area contributed by atoms with E-state index in [0.29, 0.717) is 12.4 Å². The summed E-state index contributed by atoms with van der Waals surface area (Å²) in [7, 11) is -4.03. The van der Waals surface area contributed by atoms with Crippen LogP contribution in [0, 0.1) is 0 Å². The molecular weight excluding hydrogens is 204 g/mol. The number of nitrogens with one attached hydrogen (secondary N) is 1. The maximum Gasteiger partial charge on any atom is 0.424 e. The Morgan fingerprint density at radius 3 is 2.29 bits per heavy atom. The monoisotopic (exact) mass is 223 g/mol. The zero-order valence-corrected chi connectivity index (χ0v) is 10.1. The second-order valence-electron chi connectivity index (χ2n) is 2.83. The van der Waals surface area contributed by atoms with Crippen LogP contribution in [0.3, 0.4) is 0 Å². The largest absolute Gasteiger partial charge is 0.424 e. The predicted octanol–water partition coefficient (Wildman–Crippen LogP) is 2.43. The summed E-state index contributed by atoms with van der Waals surface area (Å²) in [5, 5.41) is 2.23. The second-order valence-corrected chi connectivity index (χ2v) is 4.35.